The highest BCUT2D eigenvalue weighted by Gasteiger charge is 2.34. The Balaban J connectivity index is 2.17. The predicted molar refractivity (Wildman–Crippen MR) is 80.7 cm³/mol. The largest absolute Gasteiger partial charge is 0.394 e. The van der Waals surface area contributed by atoms with Gasteiger partial charge in [-0.15, -0.1) is 0 Å². The lowest BCUT2D eigenvalue weighted by Gasteiger charge is -2.42. The SMILES string of the molecule is CNC(CO)(CN1CC(C)OC(C)C1)c1ccccc1. The number of likely N-dealkylation sites (N-methyl/N-ethyl adjacent to an activating group) is 1. The van der Waals surface area contributed by atoms with Crippen molar-refractivity contribution in [2.75, 3.05) is 33.3 Å². The van der Waals surface area contributed by atoms with Crippen LogP contribution in [0.25, 0.3) is 0 Å². The number of benzene rings is 1. The molecule has 0 aromatic heterocycles. The predicted octanol–water partition coefficient (Wildman–Crippen LogP) is 1.20. The van der Waals surface area contributed by atoms with E-state index in [0.717, 1.165) is 25.2 Å². The molecule has 1 saturated heterocycles. The minimum absolute atomic E-state index is 0.0770. The molecule has 0 amide bonds. The van der Waals surface area contributed by atoms with Crippen molar-refractivity contribution < 1.29 is 9.84 Å². The number of nitrogens with zero attached hydrogens (tertiary/aromatic N) is 1. The molecule has 1 aliphatic rings. The van der Waals surface area contributed by atoms with Gasteiger partial charge in [-0.25, -0.2) is 0 Å². The van der Waals surface area contributed by atoms with Gasteiger partial charge in [-0.1, -0.05) is 30.3 Å². The van der Waals surface area contributed by atoms with Crippen molar-refractivity contribution in [3.63, 3.8) is 0 Å². The maximum Gasteiger partial charge on any atom is 0.0795 e. The summed E-state index contributed by atoms with van der Waals surface area (Å²) in [6, 6.07) is 10.2. The third kappa shape index (κ3) is 3.38. The van der Waals surface area contributed by atoms with Crippen LogP contribution in [0, 0.1) is 0 Å². The smallest absolute Gasteiger partial charge is 0.0795 e. The van der Waals surface area contributed by atoms with Crippen LogP contribution in [0.3, 0.4) is 0 Å². The summed E-state index contributed by atoms with van der Waals surface area (Å²) in [6.07, 6.45) is 0.477. The fourth-order valence-electron chi connectivity index (χ4n) is 3.09. The van der Waals surface area contributed by atoms with E-state index in [4.69, 9.17) is 4.74 Å². The Morgan fingerprint density at radius 3 is 2.35 bits per heavy atom. The molecule has 112 valence electrons. The van der Waals surface area contributed by atoms with Gasteiger partial charge in [0.05, 0.1) is 24.4 Å². The molecule has 1 aliphatic heterocycles. The fraction of sp³-hybridized carbons (Fsp3) is 0.625. The Morgan fingerprint density at radius 1 is 1.25 bits per heavy atom. The summed E-state index contributed by atoms with van der Waals surface area (Å²) in [5.74, 6) is 0. The van der Waals surface area contributed by atoms with Gasteiger partial charge in [0, 0.05) is 19.6 Å². The van der Waals surface area contributed by atoms with Gasteiger partial charge in [-0.3, -0.25) is 4.90 Å². The second kappa shape index (κ2) is 6.68. The van der Waals surface area contributed by atoms with Gasteiger partial charge in [0.25, 0.3) is 0 Å². The third-order valence-corrected chi connectivity index (χ3v) is 4.06. The van der Waals surface area contributed by atoms with Crippen molar-refractivity contribution in [2.45, 2.75) is 31.6 Å². The summed E-state index contributed by atoms with van der Waals surface area (Å²) in [7, 11) is 1.91. The normalized spacial score (nSPS) is 27.2. The van der Waals surface area contributed by atoms with Crippen LogP contribution in [0.15, 0.2) is 30.3 Å². The van der Waals surface area contributed by atoms with E-state index in [-0.39, 0.29) is 18.8 Å². The highest BCUT2D eigenvalue weighted by atomic mass is 16.5. The average molecular weight is 278 g/mol. The first-order valence-electron chi connectivity index (χ1n) is 7.33. The van der Waals surface area contributed by atoms with Crippen LogP contribution >= 0.6 is 0 Å². The molecule has 2 rings (SSSR count). The standard InChI is InChI=1S/C16H26N2O2/c1-13-9-18(10-14(2)20-13)11-16(12-19,17-3)15-7-5-4-6-8-15/h4-8,13-14,17,19H,9-12H2,1-3H3. The van der Waals surface area contributed by atoms with E-state index in [1.165, 1.54) is 0 Å². The molecule has 1 aromatic rings. The highest BCUT2D eigenvalue weighted by Crippen LogP contribution is 2.23. The van der Waals surface area contributed by atoms with Crippen LogP contribution < -0.4 is 5.32 Å². The first-order chi connectivity index (χ1) is 9.59. The van der Waals surface area contributed by atoms with E-state index in [9.17, 15) is 5.11 Å². The molecule has 2 N–H and O–H groups in total. The van der Waals surface area contributed by atoms with Crippen molar-refractivity contribution in [1.82, 2.24) is 10.2 Å². The van der Waals surface area contributed by atoms with Crippen molar-refractivity contribution in [3.05, 3.63) is 35.9 Å². The van der Waals surface area contributed by atoms with Crippen LogP contribution in [-0.2, 0) is 10.3 Å². The van der Waals surface area contributed by atoms with Crippen LogP contribution in [0.1, 0.15) is 19.4 Å². The zero-order chi connectivity index (χ0) is 14.6. The number of aliphatic hydroxyl groups excluding tert-OH is 1. The average Bonchev–Trinajstić information content (AvgIpc) is 2.45. The molecule has 1 heterocycles. The van der Waals surface area contributed by atoms with Crippen molar-refractivity contribution in [2.24, 2.45) is 0 Å². The van der Waals surface area contributed by atoms with Gasteiger partial charge in [0.15, 0.2) is 0 Å². The third-order valence-electron chi connectivity index (χ3n) is 4.06. The number of hydrogen-bond acceptors (Lipinski definition) is 4. The topological polar surface area (TPSA) is 44.7 Å². The second-order valence-electron chi connectivity index (χ2n) is 5.81. The van der Waals surface area contributed by atoms with Crippen LogP contribution in [0.4, 0.5) is 0 Å². The number of hydrogen-bond donors (Lipinski definition) is 2. The monoisotopic (exact) mass is 278 g/mol. The molecule has 0 radical (unpaired) electrons. The molecule has 1 fully saturated rings. The number of ether oxygens (including phenoxy) is 1. The molecule has 1 aromatic carbocycles. The van der Waals surface area contributed by atoms with Crippen molar-refractivity contribution in [1.29, 1.82) is 0 Å². The van der Waals surface area contributed by atoms with E-state index >= 15 is 0 Å². The minimum Gasteiger partial charge on any atom is -0.394 e. The Bertz CT molecular complexity index is 396. The van der Waals surface area contributed by atoms with Crippen LogP contribution in [0.2, 0.25) is 0 Å². The van der Waals surface area contributed by atoms with Gasteiger partial charge in [-0.05, 0) is 26.5 Å². The van der Waals surface area contributed by atoms with Gasteiger partial charge in [0.2, 0.25) is 0 Å². The molecule has 3 unspecified atom stereocenters. The summed E-state index contributed by atoms with van der Waals surface area (Å²) in [4.78, 5) is 2.37. The maximum absolute atomic E-state index is 9.97. The van der Waals surface area contributed by atoms with Crippen molar-refractivity contribution in [3.8, 4) is 0 Å². The van der Waals surface area contributed by atoms with E-state index in [0.29, 0.717) is 0 Å². The van der Waals surface area contributed by atoms with Gasteiger partial charge >= 0.3 is 0 Å². The van der Waals surface area contributed by atoms with E-state index < -0.39 is 5.54 Å². The molecule has 20 heavy (non-hydrogen) atoms. The first-order valence-corrected chi connectivity index (χ1v) is 7.33. The Kier molecular flexibility index (Phi) is 5.16. The van der Waals surface area contributed by atoms with Crippen LogP contribution in [0.5, 0.6) is 0 Å². The molecule has 0 saturated carbocycles. The quantitative estimate of drug-likeness (QED) is 0.849. The van der Waals surface area contributed by atoms with Gasteiger partial charge in [-0.2, -0.15) is 0 Å². The summed E-state index contributed by atoms with van der Waals surface area (Å²) < 4.78 is 5.78. The molecule has 0 bridgehead atoms. The second-order valence-corrected chi connectivity index (χ2v) is 5.81. The summed E-state index contributed by atoms with van der Waals surface area (Å²) in [5, 5.41) is 13.3. The number of rotatable bonds is 5. The zero-order valence-electron chi connectivity index (χ0n) is 12.7. The summed E-state index contributed by atoms with van der Waals surface area (Å²) in [6.45, 7) is 6.87. The maximum atomic E-state index is 9.97. The fourth-order valence-corrected chi connectivity index (χ4v) is 3.09. The molecule has 4 heteroatoms. The first kappa shape index (κ1) is 15.4. The Labute approximate surface area is 121 Å². The Hall–Kier alpha value is -0.940. The van der Waals surface area contributed by atoms with E-state index in [2.05, 4.69) is 36.2 Å². The summed E-state index contributed by atoms with van der Waals surface area (Å²) in [5.41, 5.74) is 0.703. The summed E-state index contributed by atoms with van der Waals surface area (Å²) >= 11 is 0. The lowest BCUT2D eigenvalue weighted by atomic mass is 9.89. The molecule has 0 spiro atoms. The number of morpholine rings is 1. The zero-order valence-corrected chi connectivity index (χ0v) is 12.7. The number of nitrogens with one attached hydrogen (secondary N) is 1. The molecular weight excluding hydrogens is 252 g/mol. The van der Waals surface area contributed by atoms with Gasteiger partial charge in [0.1, 0.15) is 0 Å². The minimum atomic E-state index is -0.419. The molecular formula is C16H26N2O2. The molecule has 0 aliphatic carbocycles. The number of aliphatic hydroxyl groups is 1. The Morgan fingerprint density at radius 2 is 1.85 bits per heavy atom. The lowest BCUT2D eigenvalue weighted by molar-refractivity contribution is -0.0768. The van der Waals surface area contributed by atoms with Gasteiger partial charge < -0.3 is 15.2 Å². The van der Waals surface area contributed by atoms with Crippen LogP contribution in [-0.4, -0.2) is 55.5 Å². The molecule has 3 atom stereocenters. The molecule has 4 nitrogen and oxygen atoms in total. The highest BCUT2D eigenvalue weighted by molar-refractivity contribution is 5.25. The lowest BCUT2D eigenvalue weighted by Crippen LogP contribution is -2.56. The van der Waals surface area contributed by atoms with E-state index in [1.807, 2.05) is 25.2 Å². The van der Waals surface area contributed by atoms with E-state index in [1.54, 1.807) is 0 Å². The van der Waals surface area contributed by atoms with Crippen molar-refractivity contribution >= 4 is 0 Å².